The van der Waals surface area contributed by atoms with Crippen molar-refractivity contribution in [2.75, 3.05) is 4.90 Å². The molecule has 0 spiro atoms. The minimum Gasteiger partial charge on any atom is -0.481 e. The predicted molar refractivity (Wildman–Crippen MR) is 79.4 cm³/mol. The van der Waals surface area contributed by atoms with Crippen LogP contribution in [0.1, 0.15) is 34.3 Å². The summed E-state index contributed by atoms with van der Waals surface area (Å²) in [4.78, 5) is 25.0. The van der Waals surface area contributed by atoms with Crippen LogP contribution in [0.25, 0.3) is 0 Å². The molecule has 0 saturated heterocycles. The maximum absolute atomic E-state index is 12.4. The number of nitrogens with zero attached hydrogens (tertiary/aromatic N) is 1. The summed E-state index contributed by atoms with van der Waals surface area (Å²) >= 11 is 0. The molecule has 4 nitrogen and oxygen atoms in total. The summed E-state index contributed by atoms with van der Waals surface area (Å²) in [6.45, 7) is 2.21. The Bertz CT molecular complexity index is 712. The molecule has 0 aliphatic carbocycles. The van der Waals surface area contributed by atoms with Crippen LogP contribution < -0.4 is 34.5 Å². The van der Waals surface area contributed by atoms with Gasteiger partial charge in [0.15, 0.2) is 0 Å². The molecule has 0 fully saturated rings. The Morgan fingerprint density at radius 1 is 1.14 bits per heavy atom. The molecule has 0 bridgehead atoms. The molecular formula is C17H15NNaO3+. The van der Waals surface area contributed by atoms with Crippen molar-refractivity contribution in [2.24, 2.45) is 0 Å². The number of anilines is 1. The van der Waals surface area contributed by atoms with Gasteiger partial charge in [-0.3, -0.25) is 9.59 Å². The zero-order valence-corrected chi connectivity index (χ0v) is 14.6. The predicted octanol–water partition coefficient (Wildman–Crippen LogP) is 0.0391. The van der Waals surface area contributed by atoms with E-state index >= 15 is 0 Å². The minimum absolute atomic E-state index is 0. The number of carbonyl (C=O) groups excluding carboxylic acids is 1. The van der Waals surface area contributed by atoms with E-state index in [4.69, 9.17) is 5.11 Å². The molecule has 22 heavy (non-hydrogen) atoms. The Hall–Kier alpha value is -1.62. The summed E-state index contributed by atoms with van der Waals surface area (Å²) in [5.74, 6) is -1.41. The molecule has 1 amide bonds. The van der Waals surface area contributed by atoms with E-state index in [9.17, 15) is 9.59 Å². The van der Waals surface area contributed by atoms with Crippen LogP contribution in [0.15, 0.2) is 48.5 Å². The van der Waals surface area contributed by atoms with Crippen LogP contribution in [0.5, 0.6) is 0 Å². The molecule has 1 unspecified atom stereocenters. The fourth-order valence-corrected chi connectivity index (χ4v) is 2.55. The van der Waals surface area contributed by atoms with Crippen LogP contribution in [0.4, 0.5) is 5.69 Å². The number of carboxylic acid groups (broad SMARTS) is 1. The molecule has 1 N–H and O–H groups in total. The van der Waals surface area contributed by atoms with Crippen LogP contribution in [-0.4, -0.2) is 17.0 Å². The Labute approximate surface area is 151 Å². The van der Waals surface area contributed by atoms with Gasteiger partial charge < -0.3 is 10.0 Å². The molecule has 1 aliphatic heterocycles. The Morgan fingerprint density at radius 3 is 2.36 bits per heavy atom. The number of aliphatic carboxylic acids is 1. The van der Waals surface area contributed by atoms with E-state index in [0.29, 0.717) is 6.54 Å². The van der Waals surface area contributed by atoms with Gasteiger partial charge in [0.25, 0.3) is 5.91 Å². The molecule has 1 heterocycles. The van der Waals surface area contributed by atoms with Crippen LogP contribution >= 0.6 is 0 Å². The number of carboxylic acids is 1. The second-order valence-corrected chi connectivity index (χ2v) is 5.20. The first-order valence-electron chi connectivity index (χ1n) is 6.80. The number of hydrogen-bond acceptors (Lipinski definition) is 2. The van der Waals surface area contributed by atoms with Crippen molar-refractivity contribution in [1.82, 2.24) is 0 Å². The van der Waals surface area contributed by atoms with Gasteiger partial charge in [-0.05, 0) is 36.2 Å². The standard InChI is InChI=1S/C17H15NO3.Na/c1-11(17(20)21)12-6-8-14(9-7-12)18-10-13-4-2-3-5-15(13)16(18)19;/h2-9,11H,10H2,1H3,(H,20,21);/q;+1. The first kappa shape index (κ1) is 16.7. The maximum atomic E-state index is 12.4. The van der Waals surface area contributed by atoms with Gasteiger partial charge in [-0.25, -0.2) is 0 Å². The molecular weight excluding hydrogens is 289 g/mol. The van der Waals surface area contributed by atoms with Crippen molar-refractivity contribution < 1.29 is 44.3 Å². The summed E-state index contributed by atoms with van der Waals surface area (Å²) in [5.41, 5.74) is 3.28. The van der Waals surface area contributed by atoms with Crippen molar-refractivity contribution in [3.8, 4) is 0 Å². The molecule has 0 radical (unpaired) electrons. The molecule has 1 aliphatic rings. The topological polar surface area (TPSA) is 57.6 Å². The van der Waals surface area contributed by atoms with Gasteiger partial charge in [0.1, 0.15) is 0 Å². The summed E-state index contributed by atoms with van der Waals surface area (Å²) in [6.07, 6.45) is 0. The van der Waals surface area contributed by atoms with E-state index in [-0.39, 0.29) is 35.5 Å². The zero-order chi connectivity index (χ0) is 15.0. The maximum Gasteiger partial charge on any atom is 1.00 e. The summed E-state index contributed by atoms with van der Waals surface area (Å²) in [5, 5.41) is 9.01. The molecule has 2 aromatic carbocycles. The minimum atomic E-state index is -0.854. The van der Waals surface area contributed by atoms with Gasteiger partial charge in [-0.1, -0.05) is 30.3 Å². The van der Waals surface area contributed by atoms with Gasteiger partial charge in [0, 0.05) is 11.3 Å². The Kier molecular flexibility index (Phi) is 5.06. The van der Waals surface area contributed by atoms with E-state index in [2.05, 4.69) is 0 Å². The SMILES string of the molecule is CC(C(=O)O)c1ccc(N2Cc3ccccc3C2=O)cc1.[Na+]. The van der Waals surface area contributed by atoms with Crippen molar-refractivity contribution in [2.45, 2.75) is 19.4 Å². The molecule has 5 heteroatoms. The molecule has 3 rings (SSSR count). The number of carbonyl (C=O) groups is 2. The molecule has 2 aromatic rings. The van der Waals surface area contributed by atoms with Crippen LogP contribution in [0.3, 0.4) is 0 Å². The smallest absolute Gasteiger partial charge is 0.481 e. The third-order valence-corrected chi connectivity index (χ3v) is 3.90. The third-order valence-electron chi connectivity index (χ3n) is 3.90. The Morgan fingerprint density at radius 2 is 1.77 bits per heavy atom. The van der Waals surface area contributed by atoms with Crippen molar-refractivity contribution in [3.05, 3.63) is 65.2 Å². The molecule has 106 valence electrons. The molecule has 0 saturated carbocycles. The normalized spacial score (nSPS) is 14.2. The van der Waals surface area contributed by atoms with Gasteiger partial charge in [-0.2, -0.15) is 0 Å². The fourth-order valence-electron chi connectivity index (χ4n) is 2.55. The molecule has 1 atom stereocenters. The van der Waals surface area contributed by atoms with Gasteiger partial charge in [-0.15, -0.1) is 0 Å². The summed E-state index contributed by atoms with van der Waals surface area (Å²) in [7, 11) is 0. The van der Waals surface area contributed by atoms with E-state index in [1.165, 1.54) is 0 Å². The van der Waals surface area contributed by atoms with E-state index in [1.54, 1.807) is 36.1 Å². The van der Waals surface area contributed by atoms with Gasteiger partial charge in [0.05, 0.1) is 12.5 Å². The number of hydrogen-bond donors (Lipinski definition) is 1. The number of fused-ring (bicyclic) bond motifs is 1. The van der Waals surface area contributed by atoms with Crippen LogP contribution in [-0.2, 0) is 11.3 Å². The van der Waals surface area contributed by atoms with E-state index in [1.807, 2.05) is 24.3 Å². The number of benzene rings is 2. The Balaban J connectivity index is 0.00000176. The van der Waals surface area contributed by atoms with Crippen molar-refractivity contribution in [3.63, 3.8) is 0 Å². The van der Waals surface area contributed by atoms with Crippen LogP contribution in [0, 0.1) is 0 Å². The van der Waals surface area contributed by atoms with Crippen molar-refractivity contribution in [1.29, 1.82) is 0 Å². The first-order valence-corrected chi connectivity index (χ1v) is 6.80. The van der Waals surface area contributed by atoms with Crippen LogP contribution in [0.2, 0.25) is 0 Å². The fraction of sp³-hybridized carbons (Fsp3) is 0.176. The summed E-state index contributed by atoms with van der Waals surface area (Å²) < 4.78 is 0. The average molecular weight is 304 g/mol. The summed E-state index contributed by atoms with van der Waals surface area (Å²) in [6, 6.07) is 14.7. The average Bonchev–Trinajstić information content (AvgIpc) is 2.84. The van der Waals surface area contributed by atoms with E-state index in [0.717, 1.165) is 22.4 Å². The number of rotatable bonds is 3. The monoisotopic (exact) mass is 304 g/mol. The number of amides is 1. The zero-order valence-electron chi connectivity index (χ0n) is 12.6. The first-order chi connectivity index (χ1) is 10.1. The van der Waals surface area contributed by atoms with E-state index < -0.39 is 11.9 Å². The second kappa shape index (κ2) is 6.65. The van der Waals surface area contributed by atoms with Gasteiger partial charge in [0.2, 0.25) is 0 Å². The largest absolute Gasteiger partial charge is 1.00 e. The third kappa shape index (κ3) is 2.95. The second-order valence-electron chi connectivity index (χ2n) is 5.20. The quantitative estimate of drug-likeness (QED) is 0.815. The molecule has 0 aromatic heterocycles. The van der Waals surface area contributed by atoms with Gasteiger partial charge >= 0.3 is 35.5 Å². The van der Waals surface area contributed by atoms with Crippen molar-refractivity contribution >= 4 is 17.6 Å².